The molecular weight excluding hydrogens is 261 g/mol. The average Bonchev–Trinajstić information content (AvgIpc) is 2.32. The standard InChI is InChI=1S/C10H14FN3O3S/c1-6-8(11)3-7(4-9(6)12)18(16,17)14-5-10(15)13-2/h3-4,14H,5,12H2,1-2H3,(H,13,15). The molecule has 0 radical (unpaired) electrons. The van der Waals surface area contributed by atoms with Gasteiger partial charge in [-0.3, -0.25) is 4.79 Å². The molecule has 0 spiro atoms. The minimum atomic E-state index is -3.96. The first-order valence-corrected chi connectivity index (χ1v) is 6.52. The normalized spacial score (nSPS) is 11.3. The van der Waals surface area contributed by atoms with Crippen molar-refractivity contribution in [1.29, 1.82) is 0 Å². The second-order valence-electron chi connectivity index (χ2n) is 3.62. The van der Waals surface area contributed by atoms with Gasteiger partial charge >= 0.3 is 0 Å². The molecule has 0 atom stereocenters. The Labute approximate surface area is 104 Å². The molecule has 0 saturated carbocycles. The molecule has 1 amide bonds. The van der Waals surface area contributed by atoms with Crippen LogP contribution in [0, 0.1) is 12.7 Å². The molecule has 4 N–H and O–H groups in total. The highest BCUT2D eigenvalue weighted by Gasteiger charge is 2.18. The van der Waals surface area contributed by atoms with E-state index in [9.17, 15) is 17.6 Å². The first kappa shape index (κ1) is 14.4. The highest BCUT2D eigenvalue weighted by Crippen LogP contribution is 2.20. The largest absolute Gasteiger partial charge is 0.398 e. The van der Waals surface area contributed by atoms with Crippen molar-refractivity contribution < 1.29 is 17.6 Å². The van der Waals surface area contributed by atoms with E-state index in [1.807, 2.05) is 4.72 Å². The van der Waals surface area contributed by atoms with Crippen molar-refractivity contribution in [2.24, 2.45) is 0 Å². The van der Waals surface area contributed by atoms with Gasteiger partial charge in [0.1, 0.15) is 5.82 Å². The maximum Gasteiger partial charge on any atom is 0.241 e. The fraction of sp³-hybridized carbons (Fsp3) is 0.300. The van der Waals surface area contributed by atoms with Crippen LogP contribution in [-0.4, -0.2) is 27.9 Å². The van der Waals surface area contributed by atoms with Gasteiger partial charge < -0.3 is 11.1 Å². The predicted molar refractivity (Wildman–Crippen MR) is 64.8 cm³/mol. The van der Waals surface area contributed by atoms with E-state index in [0.29, 0.717) is 0 Å². The number of anilines is 1. The van der Waals surface area contributed by atoms with Crippen LogP contribution in [0.5, 0.6) is 0 Å². The number of nitrogens with two attached hydrogens (primary N) is 1. The van der Waals surface area contributed by atoms with Crippen molar-refractivity contribution in [3.05, 3.63) is 23.5 Å². The number of hydrogen-bond acceptors (Lipinski definition) is 4. The third-order valence-electron chi connectivity index (χ3n) is 2.37. The summed E-state index contributed by atoms with van der Waals surface area (Å²) in [6.45, 7) is 1.02. The van der Waals surface area contributed by atoms with E-state index < -0.39 is 28.3 Å². The first-order chi connectivity index (χ1) is 8.27. The minimum absolute atomic E-state index is 0.0373. The number of benzene rings is 1. The smallest absolute Gasteiger partial charge is 0.241 e. The first-order valence-electron chi connectivity index (χ1n) is 5.04. The fourth-order valence-corrected chi connectivity index (χ4v) is 2.19. The number of hydrogen-bond donors (Lipinski definition) is 3. The SMILES string of the molecule is CNC(=O)CNS(=O)(=O)c1cc(N)c(C)c(F)c1. The van der Waals surface area contributed by atoms with Gasteiger partial charge in [0.25, 0.3) is 0 Å². The average molecular weight is 275 g/mol. The van der Waals surface area contributed by atoms with E-state index in [2.05, 4.69) is 5.32 Å². The lowest BCUT2D eigenvalue weighted by atomic mass is 10.2. The molecule has 0 fully saturated rings. The molecule has 0 aromatic heterocycles. The van der Waals surface area contributed by atoms with Crippen molar-refractivity contribution in [3.8, 4) is 0 Å². The van der Waals surface area contributed by atoms with Crippen LogP contribution in [-0.2, 0) is 14.8 Å². The van der Waals surface area contributed by atoms with Gasteiger partial charge in [0.15, 0.2) is 0 Å². The Morgan fingerprint density at radius 2 is 2.06 bits per heavy atom. The Hall–Kier alpha value is -1.67. The van der Waals surface area contributed by atoms with Gasteiger partial charge in [-0.15, -0.1) is 0 Å². The molecule has 18 heavy (non-hydrogen) atoms. The summed E-state index contributed by atoms with van der Waals surface area (Å²) in [5.74, 6) is -1.21. The van der Waals surface area contributed by atoms with Gasteiger partial charge in [-0.25, -0.2) is 17.5 Å². The van der Waals surface area contributed by atoms with Crippen LogP contribution in [0.3, 0.4) is 0 Å². The number of sulfonamides is 1. The predicted octanol–water partition coefficient (Wildman–Crippen LogP) is -0.259. The van der Waals surface area contributed by atoms with E-state index in [1.54, 1.807) is 0 Å². The second kappa shape index (κ2) is 5.32. The number of carbonyl (C=O) groups excluding carboxylic acids is 1. The number of carbonyl (C=O) groups is 1. The zero-order valence-corrected chi connectivity index (χ0v) is 10.8. The summed E-state index contributed by atoms with van der Waals surface area (Å²) in [6.07, 6.45) is 0. The molecule has 8 heteroatoms. The molecule has 0 saturated heterocycles. The molecule has 6 nitrogen and oxygen atoms in total. The van der Waals surface area contributed by atoms with Gasteiger partial charge in [0, 0.05) is 18.3 Å². The zero-order valence-electron chi connectivity index (χ0n) is 9.95. The van der Waals surface area contributed by atoms with Crippen LogP contribution in [0.15, 0.2) is 17.0 Å². The maximum absolute atomic E-state index is 13.4. The minimum Gasteiger partial charge on any atom is -0.398 e. The van der Waals surface area contributed by atoms with E-state index >= 15 is 0 Å². The molecule has 100 valence electrons. The third-order valence-corrected chi connectivity index (χ3v) is 3.75. The van der Waals surface area contributed by atoms with Gasteiger partial charge in [-0.05, 0) is 19.1 Å². The summed E-state index contributed by atoms with van der Waals surface area (Å²) in [6, 6.07) is 2.00. The van der Waals surface area contributed by atoms with Gasteiger partial charge in [0.05, 0.1) is 11.4 Å². The Kier molecular flexibility index (Phi) is 4.25. The molecule has 1 aromatic carbocycles. The van der Waals surface area contributed by atoms with Crippen LogP contribution in [0.2, 0.25) is 0 Å². The van der Waals surface area contributed by atoms with Crippen molar-refractivity contribution in [1.82, 2.24) is 10.0 Å². The molecule has 1 rings (SSSR count). The molecule has 0 heterocycles. The molecule has 0 aliphatic rings. The van der Waals surface area contributed by atoms with E-state index in [0.717, 1.165) is 12.1 Å². The molecule has 0 unspecified atom stereocenters. The van der Waals surface area contributed by atoms with E-state index in [4.69, 9.17) is 5.73 Å². The number of likely N-dealkylation sites (N-methyl/N-ethyl adjacent to an activating group) is 1. The highest BCUT2D eigenvalue weighted by molar-refractivity contribution is 7.89. The summed E-state index contributed by atoms with van der Waals surface area (Å²) in [4.78, 5) is 10.6. The molecule has 0 bridgehead atoms. The molecule has 0 aliphatic carbocycles. The van der Waals surface area contributed by atoms with Crippen LogP contribution >= 0.6 is 0 Å². The van der Waals surface area contributed by atoms with Gasteiger partial charge in [0.2, 0.25) is 15.9 Å². The summed E-state index contributed by atoms with van der Waals surface area (Å²) in [5, 5.41) is 2.26. The summed E-state index contributed by atoms with van der Waals surface area (Å²) < 4.78 is 38.9. The number of nitrogen functional groups attached to an aromatic ring is 1. The summed E-state index contributed by atoms with van der Waals surface area (Å²) in [7, 11) is -2.58. The Balaban J connectivity index is 3.02. The van der Waals surface area contributed by atoms with Crippen molar-refractivity contribution in [3.63, 3.8) is 0 Å². The van der Waals surface area contributed by atoms with Crippen LogP contribution in [0.1, 0.15) is 5.56 Å². The Morgan fingerprint density at radius 3 is 2.56 bits per heavy atom. The van der Waals surface area contributed by atoms with Crippen LogP contribution in [0.25, 0.3) is 0 Å². The lowest BCUT2D eigenvalue weighted by molar-refractivity contribution is -0.119. The quantitative estimate of drug-likeness (QED) is 0.659. The van der Waals surface area contributed by atoms with E-state index in [-0.39, 0.29) is 16.1 Å². The molecule has 0 aliphatic heterocycles. The maximum atomic E-state index is 13.4. The topological polar surface area (TPSA) is 101 Å². The van der Waals surface area contributed by atoms with Crippen molar-refractivity contribution in [2.45, 2.75) is 11.8 Å². The summed E-state index contributed by atoms with van der Waals surface area (Å²) in [5.41, 5.74) is 5.71. The Bertz CT molecular complexity index is 549. The van der Waals surface area contributed by atoms with Gasteiger partial charge in [-0.1, -0.05) is 0 Å². The second-order valence-corrected chi connectivity index (χ2v) is 5.38. The Morgan fingerprint density at radius 1 is 1.44 bits per heavy atom. The number of rotatable bonds is 4. The van der Waals surface area contributed by atoms with Gasteiger partial charge in [-0.2, -0.15) is 0 Å². The summed E-state index contributed by atoms with van der Waals surface area (Å²) >= 11 is 0. The number of halogens is 1. The fourth-order valence-electron chi connectivity index (χ4n) is 1.16. The monoisotopic (exact) mass is 275 g/mol. The van der Waals surface area contributed by atoms with Crippen molar-refractivity contribution >= 4 is 21.6 Å². The molecule has 1 aromatic rings. The lowest BCUT2D eigenvalue weighted by Gasteiger charge is -2.09. The van der Waals surface area contributed by atoms with Crippen LogP contribution < -0.4 is 15.8 Å². The van der Waals surface area contributed by atoms with Crippen LogP contribution in [0.4, 0.5) is 10.1 Å². The number of nitrogens with one attached hydrogen (secondary N) is 2. The van der Waals surface area contributed by atoms with E-state index in [1.165, 1.54) is 14.0 Å². The third kappa shape index (κ3) is 3.17. The highest BCUT2D eigenvalue weighted by atomic mass is 32.2. The lowest BCUT2D eigenvalue weighted by Crippen LogP contribution is -2.35. The zero-order chi connectivity index (χ0) is 13.9. The van der Waals surface area contributed by atoms with Crippen molar-refractivity contribution in [2.75, 3.05) is 19.3 Å². The molecular formula is C10H14FN3O3S. The number of amides is 1.